The molecule has 0 saturated heterocycles. The van der Waals surface area contributed by atoms with Gasteiger partial charge in [0.1, 0.15) is 12.3 Å². The summed E-state index contributed by atoms with van der Waals surface area (Å²) in [4.78, 5) is 34.0. The molecule has 2 rings (SSSR count). The lowest BCUT2D eigenvalue weighted by Crippen LogP contribution is -2.25. The number of hydrogen-bond acceptors (Lipinski definition) is 4. The Morgan fingerprint density at radius 2 is 2.04 bits per heavy atom. The van der Waals surface area contributed by atoms with E-state index in [0.717, 1.165) is 4.57 Å². The third-order valence-corrected chi connectivity index (χ3v) is 2.97. The van der Waals surface area contributed by atoms with Crippen molar-refractivity contribution in [3.05, 3.63) is 58.0 Å². The normalized spacial score (nSPS) is 10.1. The average molecular weight is 337 g/mol. The summed E-state index contributed by atoms with van der Waals surface area (Å²) in [5, 5.41) is 11.7. The van der Waals surface area contributed by atoms with Gasteiger partial charge in [-0.3, -0.25) is 14.4 Å². The number of rotatable bonds is 6. The molecule has 8 heteroatoms. The van der Waals surface area contributed by atoms with Gasteiger partial charge in [0, 0.05) is 17.3 Å². The molecule has 120 valence electrons. The minimum Gasteiger partial charge on any atom is -0.484 e. The number of carbonyl (C=O) groups excluding carboxylic acids is 1. The Bertz CT molecular complexity index is 787. The van der Waals surface area contributed by atoms with Gasteiger partial charge < -0.3 is 19.7 Å². The topological polar surface area (TPSA) is 97.6 Å². The predicted molar refractivity (Wildman–Crippen MR) is 83.9 cm³/mol. The third-order valence-electron chi connectivity index (χ3n) is 2.74. The highest BCUT2D eigenvalue weighted by Gasteiger charge is 2.07. The SMILES string of the molecule is O=C(O)Cn1cc(NC(=O)COc2cccc(Cl)c2)ccc1=O. The molecule has 0 spiro atoms. The standard InChI is InChI=1S/C15H13ClN2O5/c16-10-2-1-3-12(6-10)23-9-13(19)17-11-4-5-14(20)18(7-11)8-15(21)22/h1-7H,8-9H2,(H,17,19)(H,21,22). The molecule has 2 N–H and O–H groups in total. The second-order valence-electron chi connectivity index (χ2n) is 4.57. The number of pyridine rings is 1. The van der Waals surface area contributed by atoms with E-state index < -0.39 is 24.0 Å². The van der Waals surface area contributed by atoms with Gasteiger partial charge in [-0.25, -0.2) is 0 Å². The summed E-state index contributed by atoms with van der Waals surface area (Å²) < 4.78 is 6.26. The smallest absolute Gasteiger partial charge is 0.323 e. The summed E-state index contributed by atoms with van der Waals surface area (Å²) in [5.74, 6) is -1.16. The van der Waals surface area contributed by atoms with Gasteiger partial charge in [0.2, 0.25) is 0 Å². The van der Waals surface area contributed by atoms with Crippen LogP contribution in [0.1, 0.15) is 0 Å². The number of aliphatic carboxylic acids is 1. The van der Waals surface area contributed by atoms with Crippen molar-refractivity contribution in [3.8, 4) is 5.75 Å². The zero-order valence-corrected chi connectivity index (χ0v) is 12.6. The highest BCUT2D eigenvalue weighted by molar-refractivity contribution is 6.30. The first-order valence-electron chi connectivity index (χ1n) is 6.54. The fourth-order valence-corrected chi connectivity index (χ4v) is 1.96. The summed E-state index contributed by atoms with van der Waals surface area (Å²) in [5.41, 5.74) is -0.175. The summed E-state index contributed by atoms with van der Waals surface area (Å²) in [6.07, 6.45) is 1.26. The molecule has 0 fully saturated rings. The Labute approximate surface area is 136 Å². The zero-order valence-electron chi connectivity index (χ0n) is 11.9. The van der Waals surface area contributed by atoms with Gasteiger partial charge in [-0.1, -0.05) is 17.7 Å². The van der Waals surface area contributed by atoms with Crippen LogP contribution in [0, 0.1) is 0 Å². The monoisotopic (exact) mass is 336 g/mol. The number of nitrogens with one attached hydrogen (secondary N) is 1. The highest BCUT2D eigenvalue weighted by atomic mass is 35.5. The number of hydrogen-bond donors (Lipinski definition) is 2. The van der Waals surface area contributed by atoms with Gasteiger partial charge in [-0.05, 0) is 24.3 Å². The molecular formula is C15H13ClN2O5. The summed E-state index contributed by atoms with van der Waals surface area (Å²) in [6.45, 7) is -0.736. The Hall–Kier alpha value is -2.80. The maximum atomic E-state index is 11.8. The predicted octanol–water partition coefficient (Wildman–Crippen LogP) is 1.60. The molecule has 1 heterocycles. The van der Waals surface area contributed by atoms with Crippen molar-refractivity contribution < 1.29 is 19.4 Å². The van der Waals surface area contributed by atoms with Crippen molar-refractivity contribution in [1.82, 2.24) is 4.57 Å². The van der Waals surface area contributed by atoms with Crippen molar-refractivity contribution in [2.45, 2.75) is 6.54 Å². The first kappa shape index (κ1) is 16.6. The van der Waals surface area contributed by atoms with E-state index in [9.17, 15) is 14.4 Å². The first-order valence-corrected chi connectivity index (χ1v) is 6.92. The highest BCUT2D eigenvalue weighted by Crippen LogP contribution is 2.17. The molecule has 0 unspecified atom stereocenters. The Morgan fingerprint density at radius 3 is 2.74 bits per heavy atom. The third kappa shape index (κ3) is 5.15. The molecule has 7 nitrogen and oxygen atoms in total. The molecule has 0 saturated carbocycles. The van der Waals surface area contributed by atoms with Crippen LogP contribution in [0.25, 0.3) is 0 Å². The van der Waals surface area contributed by atoms with Gasteiger partial charge in [0.05, 0.1) is 5.69 Å². The van der Waals surface area contributed by atoms with E-state index >= 15 is 0 Å². The van der Waals surface area contributed by atoms with E-state index in [4.69, 9.17) is 21.4 Å². The van der Waals surface area contributed by atoms with Crippen LogP contribution in [-0.2, 0) is 16.1 Å². The minimum atomic E-state index is -1.15. The summed E-state index contributed by atoms with van der Waals surface area (Å²) >= 11 is 5.80. The van der Waals surface area contributed by atoms with Crippen molar-refractivity contribution in [1.29, 1.82) is 0 Å². The number of anilines is 1. The summed E-state index contributed by atoms with van der Waals surface area (Å²) in [7, 11) is 0. The molecule has 0 radical (unpaired) electrons. The van der Waals surface area contributed by atoms with Gasteiger partial charge in [0.25, 0.3) is 11.5 Å². The second kappa shape index (κ2) is 7.46. The number of amides is 1. The zero-order chi connectivity index (χ0) is 16.8. The summed E-state index contributed by atoms with van der Waals surface area (Å²) in [6, 6.07) is 9.17. The molecule has 23 heavy (non-hydrogen) atoms. The Kier molecular flexibility index (Phi) is 5.37. The van der Waals surface area contributed by atoms with Crippen LogP contribution < -0.4 is 15.6 Å². The van der Waals surface area contributed by atoms with Crippen LogP contribution in [0.5, 0.6) is 5.75 Å². The fraction of sp³-hybridized carbons (Fsp3) is 0.133. The molecule has 2 aromatic rings. The number of nitrogens with zero attached hydrogens (tertiary/aromatic N) is 1. The minimum absolute atomic E-state index is 0.252. The van der Waals surface area contributed by atoms with Gasteiger partial charge in [0.15, 0.2) is 6.61 Å². The molecule has 0 atom stereocenters. The van der Waals surface area contributed by atoms with Crippen LogP contribution in [0.3, 0.4) is 0 Å². The lowest BCUT2D eigenvalue weighted by Gasteiger charge is -2.09. The maximum absolute atomic E-state index is 11.8. The molecule has 1 amide bonds. The Morgan fingerprint density at radius 1 is 1.26 bits per heavy atom. The number of carbonyl (C=O) groups is 2. The first-order chi connectivity index (χ1) is 10.9. The van der Waals surface area contributed by atoms with Crippen LogP contribution in [0.15, 0.2) is 47.4 Å². The second-order valence-corrected chi connectivity index (χ2v) is 5.01. The molecule has 0 aliphatic heterocycles. The van der Waals surface area contributed by atoms with E-state index in [-0.39, 0.29) is 6.61 Å². The molecule has 0 bridgehead atoms. The van der Waals surface area contributed by atoms with E-state index in [1.807, 2.05) is 0 Å². The van der Waals surface area contributed by atoms with Crippen molar-refractivity contribution in [3.63, 3.8) is 0 Å². The quantitative estimate of drug-likeness (QED) is 0.835. The number of carboxylic acid groups (broad SMARTS) is 1. The number of benzene rings is 1. The van der Waals surface area contributed by atoms with Crippen LogP contribution in [-0.4, -0.2) is 28.2 Å². The van der Waals surface area contributed by atoms with Crippen molar-refractivity contribution >= 4 is 29.2 Å². The average Bonchev–Trinajstić information content (AvgIpc) is 2.48. The molecule has 0 aliphatic carbocycles. The van der Waals surface area contributed by atoms with Crippen LogP contribution in [0.2, 0.25) is 5.02 Å². The van der Waals surface area contributed by atoms with Crippen LogP contribution >= 0.6 is 11.6 Å². The maximum Gasteiger partial charge on any atom is 0.323 e. The van der Waals surface area contributed by atoms with E-state index in [2.05, 4.69) is 5.32 Å². The number of halogens is 1. The fourth-order valence-electron chi connectivity index (χ4n) is 1.78. The molecule has 0 aliphatic rings. The lowest BCUT2D eigenvalue weighted by molar-refractivity contribution is -0.137. The number of aromatic nitrogens is 1. The number of ether oxygens (including phenoxy) is 1. The Balaban J connectivity index is 1.97. The molecule has 1 aromatic carbocycles. The van der Waals surface area contributed by atoms with Gasteiger partial charge in [-0.2, -0.15) is 0 Å². The van der Waals surface area contributed by atoms with Crippen LogP contribution in [0.4, 0.5) is 5.69 Å². The lowest BCUT2D eigenvalue weighted by atomic mass is 10.3. The van der Waals surface area contributed by atoms with E-state index in [1.54, 1.807) is 24.3 Å². The molecule has 1 aromatic heterocycles. The van der Waals surface area contributed by atoms with Crippen molar-refractivity contribution in [2.75, 3.05) is 11.9 Å². The molecular weight excluding hydrogens is 324 g/mol. The van der Waals surface area contributed by atoms with Crippen molar-refractivity contribution in [2.24, 2.45) is 0 Å². The number of carboxylic acids is 1. The largest absolute Gasteiger partial charge is 0.484 e. The van der Waals surface area contributed by atoms with E-state index in [1.165, 1.54) is 18.3 Å². The van der Waals surface area contributed by atoms with Gasteiger partial charge in [-0.15, -0.1) is 0 Å². The van der Waals surface area contributed by atoms with Gasteiger partial charge >= 0.3 is 5.97 Å². The van der Waals surface area contributed by atoms with E-state index in [0.29, 0.717) is 16.5 Å².